The van der Waals surface area contributed by atoms with E-state index in [-0.39, 0.29) is 44.6 Å². The Bertz CT molecular complexity index is 3720. The zero-order chi connectivity index (χ0) is 53.4. The summed E-state index contributed by atoms with van der Waals surface area (Å²) >= 11 is 2.09. The standard InChI is InChI=1S/C72H81BN2S/c1-66(2,3)47-37-60-63-61(38-47)75(58-27-21-25-44-24-19-20-26-48(44)58)64-50-40-53-56(72(14,15)34-31-69(53,8)9)43-62(50)76-65(64)73(63)57-41-54-55(71(12,13)33-32-70(54,10)11)42-59(57)74(60)35-28-46-36-51-52(68(6,7)30-29-67(51,4)5)39-49(46)45-22-17-16-18-23-45/h16-27,36-43H,28-35H2,1-15H3. The van der Waals surface area contributed by atoms with E-state index in [2.05, 4.69) is 246 Å². The minimum Gasteiger partial charge on any atom is -0.342 e. The molecule has 0 bridgehead atoms. The van der Waals surface area contributed by atoms with Crippen molar-refractivity contribution in [2.45, 2.75) is 187 Å². The fourth-order valence-electron chi connectivity index (χ4n) is 15.0. The van der Waals surface area contributed by atoms with Crippen LogP contribution in [0.1, 0.15) is 187 Å². The number of nitrogens with zero attached hydrogens (tertiary/aromatic N) is 2. The molecule has 1 aromatic heterocycles. The molecule has 13 rings (SSSR count). The van der Waals surface area contributed by atoms with E-state index in [1.807, 2.05) is 0 Å². The van der Waals surface area contributed by atoms with E-state index in [0.29, 0.717) is 0 Å². The molecule has 2 aliphatic heterocycles. The first-order valence-corrected chi connectivity index (χ1v) is 29.9. The van der Waals surface area contributed by atoms with E-state index in [1.54, 1.807) is 11.1 Å². The van der Waals surface area contributed by atoms with Crippen LogP contribution in [0.25, 0.3) is 32.0 Å². The van der Waals surface area contributed by atoms with Crippen LogP contribution in [0.3, 0.4) is 0 Å². The Morgan fingerprint density at radius 3 is 1.64 bits per heavy atom. The van der Waals surface area contributed by atoms with Gasteiger partial charge in [0.1, 0.15) is 0 Å². The quantitative estimate of drug-likeness (QED) is 0.159. The second kappa shape index (κ2) is 16.5. The van der Waals surface area contributed by atoms with Gasteiger partial charge in [0.15, 0.2) is 0 Å². The molecular formula is C72H81BN2S. The topological polar surface area (TPSA) is 6.48 Å². The maximum Gasteiger partial charge on any atom is 0.264 e. The Kier molecular flexibility index (Phi) is 10.8. The fourth-order valence-corrected chi connectivity index (χ4v) is 16.3. The number of benzene rings is 7. The highest BCUT2D eigenvalue weighted by Crippen LogP contribution is 2.55. The molecule has 4 heteroatoms. The number of anilines is 5. The third kappa shape index (κ3) is 7.52. The van der Waals surface area contributed by atoms with Gasteiger partial charge in [-0.2, -0.15) is 0 Å². The molecule has 3 heterocycles. The van der Waals surface area contributed by atoms with Gasteiger partial charge in [-0.3, -0.25) is 0 Å². The largest absolute Gasteiger partial charge is 0.342 e. The van der Waals surface area contributed by atoms with Crippen LogP contribution < -0.4 is 25.5 Å². The summed E-state index contributed by atoms with van der Waals surface area (Å²) in [5.41, 5.74) is 24.9. The first-order valence-electron chi connectivity index (χ1n) is 29.0. The Hall–Kier alpha value is -5.58. The SMILES string of the molecule is CC(C)(C)c1cc2c3c(c1)N(c1cccc4ccccc14)c1c(sc4cc5c(cc14)C(C)(C)CCC5(C)C)B3c1cc3c(cc1N2CCc1cc2c(cc1-c1ccccc1)C(C)(C)CCC2(C)C)C(C)(C)CCC3(C)C. The van der Waals surface area contributed by atoms with Crippen LogP contribution in [0.15, 0.2) is 121 Å². The molecule has 0 saturated carbocycles. The fraction of sp³-hybridized carbons (Fsp3) is 0.417. The highest BCUT2D eigenvalue weighted by atomic mass is 32.1. The molecule has 0 radical (unpaired) electrons. The van der Waals surface area contributed by atoms with Crippen LogP contribution in [0.4, 0.5) is 28.4 Å². The zero-order valence-corrected chi connectivity index (χ0v) is 49.4. The molecule has 2 nitrogen and oxygen atoms in total. The van der Waals surface area contributed by atoms with Gasteiger partial charge in [-0.15, -0.1) is 11.3 Å². The van der Waals surface area contributed by atoms with E-state index in [1.165, 1.54) is 148 Å². The van der Waals surface area contributed by atoms with E-state index in [4.69, 9.17) is 0 Å². The van der Waals surface area contributed by atoms with Crippen molar-refractivity contribution < 1.29 is 0 Å². The van der Waals surface area contributed by atoms with Crippen molar-refractivity contribution in [3.8, 4) is 11.1 Å². The monoisotopic (exact) mass is 1020 g/mol. The minimum atomic E-state index is -0.109. The first kappa shape index (κ1) is 50.0. The smallest absolute Gasteiger partial charge is 0.264 e. The molecule has 5 aliphatic rings. The zero-order valence-electron chi connectivity index (χ0n) is 48.6. The second-order valence-corrected chi connectivity index (χ2v) is 30.3. The van der Waals surface area contributed by atoms with Crippen molar-refractivity contribution in [3.05, 3.63) is 166 Å². The van der Waals surface area contributed by atoms with E-state index < -0.39 is 0 Å². The van der Waals surface area contributed by atoms with Gasteiger partial charge in [-0.1, -0.05) is 189 Å². The summed E-state index contributed by atoms with van der Waals surface area (Å²) in [5.74, 6) is 0. The lowest BCUT2D eigenvalue weighted by molar-refractivity contribution is 0.331. The normalized spacial score (nSPS) is 19.9. The van der Waals surface area contributed by atoms with Gasteiger partial charge in [-0.05, 0) is 191 Å². The van der Waals surface area contributed by atoms with Crippen LogP contribution in [0.5, 0.6) is 0 Å². The molecule has 0 atom stereocenters. The van der Waals surface area contributed by atoms with Gasteiger partial charge in [-0.25, -0.2) is 0 Å². The number of hydrogen-bond acceptors (Lipinski definition) is 3. The highest BCUT2D eigenvalue weighted by Gasteiger charge is 2.49. The van der Waals surface area contributed by atoms with Crippen LogP contribution in [-0.2, 0) is 44.3 Å². The third-order valence-corrected chi connectivity index (χ3v) is 21.6. The average Bonchev–Trinajstić information content (AvgIpc) is 3.97. The van der Waals surface area contributed by atoms with Crippen molar-refractivity contribution in [1.29, 1.82) is 0 Å². The van der Waals surface area contributed by atoms with Crippen LogP contribution >= 0.6 is 11.3 Å². The minimum absolute atomic E-state index is 0.0563. The molecule has 0 N–H and O–H groups in total. The predicted octanol–water partition coefficient (Wildman–Crippen LogP) is 18.1. The lowest BCUT2D eigenvalue weighted by Gasteiger charge is -2.47. The van der Waals surface area contributed by atoms with Crippen molar-refractivity contribution in [2.75, 3.05) is 16.3 Å². The molecule has 8 aromatic rings. The van der Waals surface area contributed by atoms with Gasteiger partial charge < -0.3 is 9.80 Å². The lowest BCUT2D eigenvalue weighted by Crippen LogP contribution is -2.61. The van der Waals surface area contributed by atoms with Gasteiger partial charge >= 0.3 is 0 Å². The summed E-state index contributed by atoms with van der Waals surface area (Å²) < 4.78 is 2.90. The van der Waals surface area contributed by atoms with Gasteiger partial charge in [0, 0.05) is 43.9 Å². The van der Waals surface area contributed by atoms with Crippen LogP contribution in [0.2, 0.25) is 0 Å². The Morgan fingerprint density at radius 1 is 0.487 bits per heavy atom. The lowest BCUT2D eigenvalue weighted by atomic mass is 9.35. The third-order valence-electron chi connectivity index (χ3n) is 20.3. The molecule has 7 aromatic carbocycles. The summed E-state index contributed by atoms with van der Waals surface area (Å²) in [7, 11) is 0. The predicted molar refractivity (Wildman–Crippen MR) is 332 cm³/mol. The Balaban J connectivity index is 1.12. The average molecular weight is 1020 g/mol. The second-order valence-electron chi connectivity index (χ2n) is 29.2. The Morgan fingerprint density at radius 2 is 1.01 bits per heavy atom. The number of rotatable bonds is 5. The van der Waals surface area contributed by atoms with Gasteiger partial charge in [0.25, 0.3) is 6.71 Å². The molecular weight excluding hydrogens is 936 g/mol. The summed E-state index contributed by atoms with van der Waals surface area (Å²) in [5, 5.41) is 3.97. The molecule has 0 saturated heterocycles. The molecule has 388 valence electrons. The van der Waals surface area contributed by atoms with Crippen LogP contribution in [0, 0.1) is 0 Å². The van der Waals surface area contributed by atoms with Crippen LogP contribution in [-0.4, -0.2) is 13.3 Å². The van der Waals surface area contributed by atoms with Gasteiger partial charge in [0.2, 0.25) is 0 Å². The molecule has 0 fully saturated rings. The molecule has 0 unspecified atom stereocenters. The Labute approximate surface area is 460 Å². The van der Waals surface area contributed by atoms with Gasteiger partial charge in [0.05, 0.1) is 11.4 Å². The highest BCUT2D eigenvalue weighted by molar-refractivity contribution is 7.33. The number of thiophene rings is 1. The van der Waals surface area contributed by atoms with E-state index >= 15 is 0 Å². The number of hydrogen-bond donors (Lipinski definition) is 0. The summed E-state index contributed by atoms with van der Waals surface area (Å²) in [6.45, 7) is 38.2. The van der Waals surface area contributed by atoms with Crippen molar-refractivity contribution >= 4 is 83.0 Å². The van der Waals surface area contributed by atoms with E-state index in [0.717, 1.165) is 13.0 Å². The maximum absolute atomic E-state index is 2.84. The molecule has 76 heavy (non-hydrogen) atoms. The first-order chi connectivity index (χ1) is 35.8. The summed E-state index contributed by atoms with van der Waals surface area (Å²) in [4.78, 5) is 5.61. The van der Waals surface area contributed by atoms with Crippen molar-refractivity contribution in [3.63, 3.8) is 0 Å². The van der Waals surface area contributed by atoms with Crippen molar-refractivity contribution in [1.82, 2.24) is 0 Å². The van der Waals surface area contributed by atoms with Crippen molar-refractivity contribution in [2.24, 2.45) is 0 Å². The summed E-state index contributed by atoms with van der Waals surface area (Å²) in [6.07, 6.45) is 8.09. The molecule has 0 spiro atoms. The number of fused-ring (bicyclic) bond motifs is 10. The maximum atomic E-state index is 2.84. The molecule has 3 aliphatic carbocycles. The van der Waals surface area contributed by atoms with E-state index in [9.17, 15) is 0 Å². The summed E-state index contributed by atoms with van der Waals surface area (Å²) in [6, 6.07) is 48.8. The molecule has 0 amide bonds.